The van der Waals surface area contributed by atoms with Crippen LogP contribution in [-0.2, 0) is 4.79 Å². The Bertz CT molecular complexity index is 763. The molecule has 3 unspecified atom stereocenters. The fraction of sp³-hybridized carbons (Fsp3) is 0.550. The highest BCUT2D eigenvalue weighted by Crippen LogP contribution is 2.28. The Kier molecular flexibility index (Phi) is 5.50. The quantitative estimate of drug-likeness (QED) is 0.842. The molecule has 0 aliphatic carbocycles. The number of carbonyl (C=O) groups is 1. The maximum atomic E-state index is 12.9. The summed E-state index contributed by atoms with van der Waals surface area (Å²) in [5.41, 5.74) is 7.37. The Hall–Kier alpha value is -2.25. The third-order valence-corrected chi connectivity index (χ3v) is 5.47. The summed E-state index contributed by atoms with van der Waals surface area (Å²) < 4.78 is 5.53. The average molecular weight is 369 g/mol. The molecular formula is C20H27N5O2. The van der Waals surface area contributed by atoms with Gasteiger partial charge in [-0.05, 0) is 25.7 Å². The van der Waals surface area contributed by atoms with E-state index in [0.717, 1.165) is 44.2 Å². The number of aromatic nitrogens is 2. The lowest BCUT2D eigenvalue weighted by Crippen LogP contribution is -2.48. The van der Waals surface area contributed by atoms with Crippen molar-refractivity contribution in [2.75, 3.05) is 13.1 Å². The van der Waals surface area contributed by atoms with Gasteiger partial charge in [0.25, 0.3) is 0 Å². The number of hydrazine groups is 1. The van der Waals surface area contributed by atoms with Crippen molar-refractivity contribution in [2.24, 2.45) is 0 Å². The van der Waals surface area contributed by atoms with E-state index in [4.69, 9.17) is 4.52 Å². The maximum Gasteiger partial charge on any atom is 0.241 e. The van der Waals surface area contributed by atoms with Crippen LogP contribution in [0.25, 0.3) is 11.4 Å². The standard InChI is InChI=1S/C20H27N5O2/c1-2-7-16-12-17(23-22-16)20(26)25-11-6-10-15(13-25)19-21-18(24-27-19)14-8-4-3-5-9-14/h3-5,8-9,15-17,22-23H,2,6-7,10-13H2,1H3. The van der Waals surface area contributed by atoms with E-state index in [0.29, 0.717) is 24.3 Å². The third kappa shape index (κ3) is 4.04. The van der Waals surface area contributed by atoms with Gasteiger partial charge in [-0.1, -0.05) is 48.8 Å². The van der Waals surface area contributed by atoms with Gasteiger partial charge in [-0.15, -0.1) is 0 Å². The molecule has 144 valence electrons. The molecule has 1 aromatic carbocycles. The highest BCUT2D eigenvalue weighted by Gasteiger charge is 2.35. The molecule has 0 spiro atoms. The Labute approximate surface area is 159 Å². The predicted molar refractivity (Wildman–Crippen MR) is 102 cm³/mol. The fourth-order valence-electron chi connectivity index (χ4n) is 4.03. The van der Waals surface area contributed by atoms with E-state index in [1.807, 2.05) is 35.2 Å². The number of benzene rings is 1. The minimum absolute atomic E-state index is 0.105. The molecule has 2 fully saturated rings. The summed E-state index contributed by atoms with van der Waals surface area (Å²) in [6.45, 7) is 3.61. The first-order valence-electron chi connectivity index (χ1n) is 9.93. The van der Waals surface area contributed by atoms with Crippen molar-refractivity contribution < 1.29 is 9.32 Å². The second-order valence-electron chi connectivity index (χ2n) is 7.51. The maximum absolute atomic E-state index is 12.9. The zero-order valence-corrected chi connectivity index (χ0v) is 15.7. The van der Waals surface area contributed by atoms with Crippen LogP contribution >= 0.6 is 0 Å². The van der Waals surface area contributed by atoms with Crippen LogP contribution in [0.15, 0.2) is 34.9 Å². The summed E-state index contributed by atoms with van der Waals surface area (Å²) in [4.78, 5) is 19.5. The highest BCUT2D eigenvalue weighted by molar-refractivity contribution is 5.82. The van der Waals surface area contributed by atoms with Crippen LogP contribution in [0.5, 0.6) is 0 Å². The Balaban J connectivity index is 1.40. The summed E-state index contributed by atoms with van der Waals surface area (Å²) in [7, 11) is 0. The van der Waals surface area contributed by atoms with Crippen LogP contribution in [0, 0.1) is 0 Å². The number of hydrogen-bond acceptors (Lipinski definition) is 6. The van der Waals surface area contributed by atoms with E-state index in [9.17, 15) is 4.79 Å². The molecule has 2 aliphatic rings. The Morgan fingerprint density at radius 2 is 2.15 bits per heavy atom. The number of carbonyl (C=O) groups excluding carboxylic acids is 1. The van der Waals surface area contributed by atoms with Gasteiger partial charge in [-0.3, -0.25) is 10.2 Å². The summed E-state index contributed by atoms with van der Waals surface area (Å²) in [5, 5.41) is 4.13. The lowest BCUT2D eigenvalue weighted by molar-refractivity contribution is -0.134. The summed E-state index contributed by atoms with van der Waals surface area (Å²) in [6, 6.07) is 10.1. The normalized spacial score (nSPS) is 25.7. The van der Waals surface area contributed by atoms with Crippen molar-refractivity contribution in [1.82, 2.24) is 25.9 Å². The van der Waals surface area contributed by atoms with Gasteiger partial charge in [0.2, 0.25) is 17.6 Å². The van der Waals surface area contributed by atoms with Crippen molar-refractivity contribution in [2.45, 2.75) is 57.0 Å². The zero-order valence-electron chi connectivity index (χ0n) is 15.7. The van der Waals surface area contributed by atoms with Crippen LogP contribution in [0.3, 0.4) is 0 Å². The molecule has 3 heterocycles. The molecule has 27 heavy (non-hydrogen) atoms. The number of amides is 1. The van der Waals surface area contributed by atoms with E-state index >= 15 is 0 Å². The molecule has 4 rings (SSSR count). The van der Waals surface area contributed by atoms with Gasteiger partial charge < -0.3 is 9.42 Å². The molecule has 7 nitrogen and oxygen atoms in total. The number of piperidine rings is 1. The first-order chi connectivity index (χ1) is 13.2. The second kappa shape index (κ2) is 8.19. The first kappa shape index (κ1) is 18.1. The molecule has 2 N–H and O–H groups in total. The van der Waals surface area contributed by atoms with Crippen molar-refractivity contribution in [3.8, 4) is 11.4 Å². The fourth-order valence-corrected chi connectivity index (χ4v) is 4.03. The van der Waals surface area contributed by atoms with E-state index in [-0.39, 0.29) is 17.9 Å². The first-order valence-corrected chi connectivity index (χ1v) is 9.93. The van der Waals surface area contributed by atoms with Crippen LogP contribution in [0.2, 0.25) is 0 Å². The van der Waals surface area contributed by atoms with Gasteiger partial charge in [0.05, 0.1) is 5.92 Å². The number of hydrogen-bond donors (Lipinski definition) is 2. The minimum atomic E-state index is -0.136. The molecule has 2 aliphatic heterocycles. The Morgan fingerprint density at radius 3 is 2.96 bits per heavy atom. The topological polar surface area (TPSA) is 83.3 Å². The molecule has 7 heteroatoms. The molecule has 1 amide bonds. The number of nitrogens with zero attached hydrogens (tertiary/aromatic N) is 3. The van der Waals surface area contributed by atoms with Gasteiger partial charge in [0.1, 0.15) is 6.04 Å². The molecule has 2 saturated heterocycles. The lowest BCUT2D eigenvalue weighted by Gasteiger charge is -2.32. The largest absolute Gasteiger partial charge is 0.341 e. The number of likely N-dealkylation sites (tertiary alicyclic amines) is 1. The lowest BCUT2D eigenvalue weighted by atomic mass is 9.96. The van der Waals surface area contributed by atoms with E-state index in [1.54, 1.807) is 0 Å². The molecular weight excluding hydrogens is 342 g/mol. The monoisotopic (exact) mass is 369 g/mol. The summed E-state index contributed by atoms with van der Waals surface area (Å²) >= 11 is 0. The highest BCUT2D eigenvalue weighted by atomic mass is 16.5. The smallest absolute Gasteiger partial charge is 0.241 e. The van der Waals surface area contributed by atoms with E-state index in [1.165, 1.54) is 0 Å². The number of nitrogens with one attached hydrogen (secondary N) is 2. The van der Waals surface area contributed by atoms with Crippen LogP contribution in [-0.4, -0.2) is 46.1 Å². The average Bonchev–Trinajstić information content (AvgIpc) is 3.39. The van der Waals surface area contributed by atoms with Gasteiger partial charge in [-0.2, -0.15) is 4.98 Å². The molecule has 0 bridgehead atoms. The third-order valence-electron chi connectivity index (χ3n) is 5.47. The van der Waals surface area contributed by atoms with Gasteiger partial charge in [-0.25, -0.2) is 5.43 Å². The van der Waals surface area contributed by atoms with Crippen molar-refractivity contribution in [3.05, 3.63) is 36.2 Å². The second-order valence-corrected chi connectivity index (χ2v) is 7.51. The van der Waals surface area contributed by atoms with Crippen LogP contribution < -0.4 is 10.9 Å². The SMILES string of the molecule is CCCC1CC(C(=O)N2CCCC(c3nc(-c4ccccc4)no3)C2)NN1. The van der Waals surface area contributed by atoms with Crippen molar-refractivity contribution in [1.29, 1.82) is 0 Å². The number of rotatable bonds is 5. The summed E-state index contributed by atoms with van der Waals surface area (Å²) in [6.07, 6.45) is 4.98. The summed E-state index contributed by atoms with van der Waals surface area (Å²) in [5.74, 6) is 1.52. The van der Waals surface area contributed by atoms with Crippen molar-refractivity contribution in [3.63, 3.8) is 0 Å². The zero-order chi connectivity index (χ0) is 18.6. The Morgan fingerprint density at radius 1 is 1.30 bits per heavy atom. The molecule has 1 aromatic heterocycles. The van der Waals surface area contributed by atoms with Gasteiger partial charge >= 0.3 is 0 Å². The molecule has 3 atom stereocenters. The van der Waals surface area contributed by atoms with Crippen molar-refractivity contribution >= 4 is 5.91 Å². The van der Waals surface area contributed by atoms with Gasteiger partial charge in [0.15, 0.2) is 0 Å². The molecule has 0 saturated carbocycles. The molecule has 0 radical (unpaired) electrons. The van der Waals surface area contributed by atoms with Crippen LogP contribution in [0.1, 0.15) is 50.8 Å². The van der Waals surface area contributed by atoms with E-state index in [2.05, 4.69) is 27.9 Å². The minimum Gasteiger partial charge on any atom is -0.341 e. The van der Waals surface area contributed by atoms with Crippen LogP contribution in [0.4, 0.5) is 0 Å². The van der Waals surface area contributed by atoms with Gasteiger partial charge in [0, 0.05) is 24.7 Å². The van der Waals surface area contributed by atoms with E-state index < -0.39 is 0 Å². The molecule has 2 aromatic rings. The predicted octanol–water partition coefficient (Wildman–Crippen LogP) is 2.48.